The molecular weight excluding hydrogens is 508 g/mol. The van der Waals surface area contributed by atoms with Crippen LogP contribution in [0.25, 0.3) is 22.1 Å². The van der Waals surface area contributed by atoms with Crippen LogP contribution in [0, 0.1) is 0 Å². The Hall–Kier alpha value is -3.73. The number of hydrogen-bond acceptors (Lipinski definition) is 12. The van der Waals surface area contributed by atoms with E-state index in [-0.39, 0.29) is 16.7 Å². The maximum Gasteiger partial charge on any atom is 0.446 e. The first-order valence-corrected chi connectivity index (χ1v) is 11.4. The highest BCUT2D eigenvalue weighted by molar-refractivity contribution is 7.81. The highest BCUT2D eigenvalue weighted by Gasteiger charge is 2.48. The van der Waals surface area contributed by atoms with Gasteiger partial charge in [0.25, 0.3) is 0 Å². The van der Waals surface area contributed by atoms with Crippen molar-refractivity contribution in [2.75, 3.05) is 0 Å². The molecule has 2 heterocycles. The molecule has 14 nitrogen and oxygen atoms in total. The van der Waals surface area contributed by atoms with E-state index in [1.165, 1.54) is 24.3 Å². The van der Waals surface area contributed by atoms with Gasteiger partial charge in [0.2, 0.25) is 11.7 Å². The van der Waals surface area contributed by atoms with Crippen LogP contribution in [-0.4, -0.2) is 75.2 Å². The van der Waals surface area contributed by atoms with Crippen molar-refractivity contribution in [2.24, 2.45) is 0 Å². The van der Waals surface area contributed by atoms with Gasteiger partial charge in [-0.2, -0.15) is 8.42 Å². The van der Waals surface area contributed by atoms with E-state index in [9.17, 15) is 38.4 Å². The Morgan fingerprint density at radius 1 is 0.944 bits per heavy atom. The Bertz CT molecular complexity index is 1480. The maximum atomic E-state index is 13.2. The molecular formula is C21H18O14S. The van der Waals surface area contributed by atoms with Gasteiger partial charge in [-0.15, -0.1) is 0 Å². The van der Waals surface area contributed by atoms with Crippen LogP contribution in [0.3, 0.4) is 0 Å². The topological polar surface area (TPSA) is 230 Å². The Balaban J connectivity index is 1.77. The van der Waals surface area contributed by atoms with E-state index in [2.05, 4.69) is 4.18 Å². The summed E-state index contributed by atoms with van der Waals surface area (Å²) in [6.45, 7) is 0. The number of phenolic OH excluding ortho intramolecular Hbond substituents is 1. The first kappa shape index (κ1) is 25.4. The average molecular weight is 526 g/mol. The third-order valence-electron chi connectivity index (χ3n) is 5.31. The first-order valence-electron chi connectivity index (χ1n) is 10.0. The number of para-hydroxylation sites is 1. The zero-order chi connectivity index (χ0) is 26.4. The van der Waals surface area contributed by atoms with Crippen molar-refractivity contribution in [3.63, 3.8) is 0 Å². The zero-order valence-corrected chi connectivity index (χ0v) is 18.6. The van der Waals surface area contributed by atoms with Crippen LogP contribution >= 0.6 is 0 Å². The molecule has 0 saturated carbocycles. The first-order chi connectivity index (χ1) is 16.9. The van der Waals surface area contributed by atoms with Crippen molar-refractivity contribution in [3.05, 3.63) is 52.9 Å². The van der Waals surface area contributed by atoms with Crippen LogP contribution in [0.2, 0.25) is 0 Å². The van der Waals surface area contributed by atoms with Crippen LogP contribution < -0.4 is 14.3 Å². The summed E-state index contributed by atoms with van der Waals surface area (Å²) >= 11 is 0. The summed E-state index contributed by atoms with van der Waals surface area (Å²) in [4.78, 5) is 24.5. The Morgan fingerprint density at radius 2 is 1.64 bits per heavy atom. The van der Waals surface area contributed by atoms with Crippen LogP contribution in [0.4, 0.5) is 0 Å². The highest BCUT2D eigenvalue weighted by Crippen LogP contribution is 2.37. The van der Waals surface area contributed by atoms with Crippen molar-refractivity contribution in [3.8, 4) is 28.4 Å². The summed E-state index contributed by atoms with van der Waals surface area (Å²) in [5.41, 5.74) is -1.39. The molecule has 15 heteroatoms. The molecule has 2 aromatic carbocycles. The third-order valence-corrected chi connectivity index (χ3v) is 5.70. The number of carbonyl (C=O) groups is 1. The third kappa shape index (κ3) is 4.70. The standard InChI is InChI=1S/C21H18O14S/c22-14-9(8-3-1-2-4-10(8)35-36(29,30)31)7-32-11-5-6-12(15(23)13(11)14)33-21-18(26)16(24)17(25)19(34-21)20(27)28/h1-7,16-19,21,23-26H,(H,27,28)(H,29,30,31)/t16-,17-,18+,19-,21?/m0/s1. The molecule has 0 bridgehead atoms. The number of benzene rings is 2. The Morgan fingerprint density at radius 3 is 2.31 bits per heavy atom. The lowest BCUT2D eigenvalue weighted by atomic mass is 9.99. The number of phenols is 1. The fourth-order valence-electron chi connectivity index (χ4n) is 3.61. The van der Waals surface area contributed by atoms with Gasteiger partial charge < -0.3 is 43.6 Å². The predicted molar refractivity (Wildman–Crippen MR) is 117 cm³/mol. The van der Waals surface area contributed by atoms with Crippen LogP contribution in [0.5, 0.6) is 17.2 Å². The predicted octanol–water partition coefficient (Wildman–Crippen LogP) is -0.382. The Kier molecular flexibility index (Phi) is 6.61. The zero-order valence-electron chi connectivity index (χ0n) is 17.8. The largest absolute Gasteiger partial charge is 0.504 e. The molecule has 3 aromatic rings. The molecule has 0 aliphatic carbocycles. The maximum absolute atomic E-state index is 13.2. The van der Waals surface area contributed by atoms with E-state index in [4.69, 9.17) is 23.6 Å². The Labute approximate surface area is 201 Å². The number of ether oxygens (including phenoxy) is 2. The lowest BCUT2D eigenvalue weighted by molar-refractivity contribution is -0.271. The quantitative estimate of drug-likeness (QED) is 0.225. The second-order valence-corrected chi connectivity index (χ2v) is 8.65. The molecule has 6 N–H and O–H groups in total. The van der Waals surface area contributed by atoms with E-state index in [1.54, 1.807) is 0 Å². The number of carboxylic acid groups (broad SMARTS) is 1. The van der Waals surface area contributed by atoms with Gasteiger partial charge in [-0.3, -0.25) is 9.35 Å². The minimum Gasteiger partial charge on any atom is -0.504 e. The fraction of sp³-hybridized carbons (Fsp3) is 0.238. The molecule has 1 saturated heterocycles. The summed E-state index contributed by atoms with van der Waals surface area (Å²) in [6.07, 6.45) is -8.73. The van der Waals surface area contributed by atoms with E-state index >= 15 is 0 Å². The number of aliphatic hydroxyl groups excluding tert-OH is 3. The normalized spacial score (nSPS) is 24.4. The van der Waals surface area contributed by atoms with E-state index in [0.29, 0.717) is 0 Å². The molecule has 36 heavy (non-hydrogen) atoms. The minimum atomic E-state index is -4.94. The number of aliphatic carboxylic acids is 1. The average Bonchev–Trinajstić information content (AvgIpc) is 2.80. The fourth-order valence-corrected chi connectivity index (χ4v) is 3.98. The summed E-state index contributed by atoms with van der Waals surface area (Å²) in [5, 5.41) is 49.3. The van der Waals surface area contributed by atoms with Gasteiger partial charge in [-0.25, -0.2) is 4.79 Å². The number of hydrogen-bond donors (Lipinski definition) is 6. The lowest BCUT2D eigenvalue weighted by Gasteiger charge is -2.38. The molecule has 0 amide bonds. The molecule has 1 aliphatic heterocycles. The highest BCUT2D eigenvalue weighted by atomic mass is 32.3. The molecule has 1 unspecified atom stereocenters. The molecule has 1 fully saturated rings. The number of carboxylic acids is 1. The molecule has 1 aromatic heterocycles. The van der Waals surface area contributed by atoms with Gasteiger partial charge in [0.1, 0.15) is 35.5 Å². The van der Waals surface area contributed by atoms with Crippen molar-refractivity contribution >= 4 is 27.3 Å². The summed E-state index contributed by atoms with van der Waals surface area (Å²) in [7, 11) is -4.94. The summed E-state index contributed by atoms with van der Waals surface area (Å²) in [6, 6.07) is 7.58. The molecule has 4 rings (SSSR count). The molecule has 1 aliphatic rings. The van der Waals surface area contributed by atoms with Gasteiger partial charge in [-0.1, -0.05) is 18.2 Å². The molecule has 5 atom stereocenters. The van der Waals surface area contributed by atoms with Gasteiger partial charge in [0.15, 0.2) is 23.4 Å². The second kappa shape index (κ2) is 9.38. The van der Waals surface area contributed by atoms with Gasteiger partial charge in [0.05, 0.1) is 5.56 Å². The molecule has 0 spiro atoms. The van der Waals surface area contributed by atoms with Crippen molar-refractivity contribution in [2.45, 2.75) is 30.7 Å². The second-order valence-electron chi connectivity index (χ2n) is 7.62. The van der Waals surface area contributed by atoms with Crippen LogP contribution in [-0.2, 0) is 19.9 Å². The molecule has 0 radical (unpaired) electrons. The number of aliphatic hydroxyl groups is 3. The van der Waals surface area contributed by atoms with Crippen LogP contribution in [0.1, 0.15) is 0 Å². The van der Waals surface area contributed by atoms with Gasteiger partial charge in [0, 0.05) is 5.56 Å². The van der Waals surface area contributed by atoms with Gasteiger partial charge in [-0.05, 0) is 18.2 Å². The van der Waals surface area contributed by atoms with E-state index in [1.807, 2.05) is 0 Å². The number of aromatic hydroxyl groups is 1. The summed E-state index contributed by atoms with van der Waals surface area (Å²) < 4.78 is 51.6. The lowest BCUT2D eigenvalue weighted by Crippen LogP contribution is -2.61. The monoisotopic (exact) mass is 526 g/mol. The van der Waals surface area contributed by atoms with Gasteiger partial charge >= 0.3 is 16.4 Å². The van der Waals surface area contributed by atoms with E-state index in [0.717, 1.165) is 18.4 Å². The van der Waals surface area contributed by atoms with Crippen LogP contribution in [0.15, 0.2) is 51.9 Å². The smallest absolute Gasteiger partial charge is 0.446 e. The van der Waals surface area contributed by atoms with E-state index < -0.39 is 75.1 Å². The summed E-state index contributed by atoms with van der Waals surface area (Å²) in [5.74, 6) is -3.36. The minimum absolute atomic E-state index is 0.107. The number of rotatable bonds is 6. The van der Waals surface area contributed by atoms with Crippen molar-refractivity contribution < 1.29 is 61.4 Å². The van der Waals surface area contributed by atoms with Crippen molar-refractivity contribution in [1.29, 1.82) is 0 Å². The number of fused-ring (bicyclic) bond motifs is 1. The SMILES string of the molecule is O=C(O)[C@H]1OC(Oc2ccc3occ(-c4ccccc4OS(=O)(=O)O)c(=O)c3c2O)[C@H](O)[C@@H](O)[C@@H]1O. The molecule has 192 valence electrons. The van der Waals surface area contributed by atoms with Crippen molar-refractivity contribution in [1.82, 2.24) is 0 Å².